The molecule has 0 spiro atoms. The Balaban J connectivity index is 2.39. The molecule has 2 aromatic rings. The van der Waals surface area contributed by atoms with Gasteiger partial charge in [-0.1, -0.05) is 12.1 Å². The van der Waals surface area contributed by atoms with Crippen molar-refractivity contribution in [2.75, 3.05) is 0 Å². The van der Waals surface area contributed by atoms with Crippen LogP contribution in [0.25, 0.3) is 10.9 Å². The Morgan fingerprint density at radius 2 is 1.95 bits per heavy atom. The first-order chi connectivity index (χ1) is 9.33. The topological polar surface area (TPSA) is 17.0 Å². The zero-order chi connectivity index (χ0) is 14.9. The third-order valence-electron chi connectivity index (χ3n) is 3.84. The van der Waals surface area contributed by atoms with E-state index in [2.05, 4.69) is 69.3 Å². The maximum atomic E-state index is 3.86. The summed E-state index contributed by atoms with van der Waals surface area (Å²) in [6.45, 7) is 16.6. The number of benzene rings is 1. The number of aromatic nitrogens is 1. The molecule has 20 heavy (non-hydrogen) atoms. The molecule has 1 heterocycles. The first-order valence-corrected chi connectivity index (χ1v) is 7.28. The van der Waals surface area contributed by atoms with E-state index in [9.17, 15) is 0 Å². The van der Waals surface area contributed by atoms with E-state index in [1.807, 2.05) is 6.08 Å². The van der Waals surface area contributed by atoms with Crippen molar-refractivity contribution in [1.29, 1.82) is 0 Å². The van der Waals surface area contributed by atoms with Crippen LogP contribution in [0.5, 0.6) is 0 Å². The third-order valence-corrected chi connectivity index (χ3v) is 3.84. The highest BCUT2D eigenvalue weighted by molar-refractivity contribution is 5.86. The van der Waals surface area contributed by atoms with Crippen molar-refractivity contribution in [3.8, 4) is 0 Å². The molecule has 1 aromatic heterocycles. The summed E-state index contributed by atoms with van der Waals surface area (Å²) in [5, 5.41) is 4.90. The number of hydrogen-bond acceptors (Lipinski definition) is 1. The monoisotopic (exact) mass is 270 g/mol. The van der Waals surface area contributed by atoms with Crippen LogP contribution in [0.4, 0.5) is 0 Å². The highest BCUT2D eigenvalue weighted by Gasteiger charge is 2.12. The van der Waals surface area contributed by atoms with E-state index >= 15 is 0 Å². The van der Waals surface area contributed by atoms with Gasteiger partial charge in [0.2, 0.25) is 0 Å². The van der Waals surface area contributed by atoms with Crippen molar-refractivity contribution in [2.24, 2.45) is 0 Å². The Hall–Kier alpha value is -1.54. The lowest BCUT2D eigenvalue weighted by atomic mass is 10.1. The molecule has 2 nitrogen and oxygen atoms in total. The second-order valence-electron chi connectivity index (χ2n) is 6.56. The summed E-state index contributed by atoms with van der Waals surface area (Å²) < 4.78 is 2.33. The predicted molar refractivity (Wildman–Crippen MR) is 88.2 cm³/mol. The van der Waals surface area contributed by atoms with Crippen LogP contribution in [0.3, 0.4) is 0 Å². The first-order valence-electron chi connectivity index (χ1n) is 7.28. The lowest BCUT2D eigenvalue weighted by Crippen LogP contribution is -2.35. The largest absolute Gasteiger partial charge is 0.341 e. The second kappa shape index (κ2) is 5.45. The SMILES string of the molecule is C=CCn1c(C)c(C)c2cc(CNC(C)(C)C)ccc21. The molecule has 2 rings (SSSR count). The van der Waals surface area contributed by atoms with Crippen LogP contribution in [-0.4, -0.2) is 10.1 Å². The summed E-state index contributed by atoms with van der Waals surface area (Å²) in [5.41, 5.74) is 5.50. The molecule has 0 aliphatic heterocycles. The van der Waals surface area contributed by atoms with Gasteiger partial charge in [-0.05, 0) is 57.9 Å². The lowest BCUT2D eigenvalue weighted by molar-refractivity contribution is 0.424. The molecule has 0 amide bonds. The van der Waals surface area contributed by atoms with Gasteiger partial charge in [0, 0.05) is 35.2 Å². The van der Waals surface area contributed by atoms with Crippen molar-refractivity contribution >= 4 is 10.9 Å². The van der Waals surface area contributed by atoms with Crippen molar-refractivity contribution in [2.45, 2.75) is 53.2 Å². The van der Waals surface area contributed by atoms with E-state index < -0.39 is 0 Å². The minimum absolute atomic E-state index is 0.148. The lowest BCUT2D eigenvalue weighted by Gasteiger charge is -2.20. The average molecular weight is 270 g/mol. The third kappa shape index (κ3) is 2.96. The number of allylic oxidation sites excluding steroid dienone is 1. The van der Waals surface area contributed by atoms with Crippen molar-refractivity contribution in [1.82, 2.24) is 9.88 Å². The second-order valence-corrected chi connectivity index (χ2v) is 6.56. The molecule has 108 valence electrons. The molecular weight excluding hydrogens is 244 g/mol. The summed E-state index contributed by atoms with van der Waals surface area (Å²) in [6.07, 6.45) is 1.96. The Kier molecular flexibility index (Phi) is 4.05. The van der Waals surface area contributed by atoms with Gasteiger partial charge in [-0.2, -0.15) is 0 Å². The van der Waals surface area contributed by atoms with E-state index in [-0.39, 0.29) is 5.54 Å². The number of nitrogens with one attached hydrogen (secondary N) is 1. The molecule has 0 aliphatic rings. The summed E-state index contributed by atoms with van der Waals surface area (Å²) >= 11 is 0. The van der Waals surface area contributed by atoms with E-state index in [0.717, 1.165) is 13.1 Å². The zero-order valence-electron chi connectivity index (χ0n) is 13.4. The average Bonchev–Trinajstić information content (AvgIpc) is 2.61. The fraction of sp³-hybridized carbons (Fsp3) is 0.444. The molecule has 0 fully saturated rings. The van der Waals surface area contributed by atoms with Crippen LogP contribution in [0, 0.1) is 13.8 Å². The van der Waals surface area contributed by atoms with Crippen LogP contribution in [0.15, 0.2) is 30.9 Å². The van der Waals surface area contributed by atoms with Gasteiger partial charge < -0.3 is 9.88 Å². The summed E-state index contributed by atoms with van der Waals surface area (Å²) in [7, 11) is 0. The summed E-state index contributed by atoms with van der Waals surface area (Å²) in [4.78, 5) is 0. The molecule has 0 bridgehead atoms. The highest BCUT2D eigenvalue weighted by atomic mass is 15.0. The number of rotatable bonds is 4. The summed E-state index contributed by atoms with van der Waals surface area (Å²) in [5.74, 6) is 0. The Morgan fingerprint density at radius 3 is 2.55 bits per heavy atom. The van der Waals surface area contributed by atoms with Crippen LogP contribution < -0.4 is 5.32 Å². The predicted octanol–water partition coefficient (Wildman–Crippen LogP) is 4.33. The van der Waals surface area contributed by atoms with Gasteiger partial charge >= 0.3 is 0 Å². The maximum Gasteiger partial charge on any atom is 0.0488 e. The molecule has 0 aliphatic carbocycles. The van der Waals surface area contributed by atoms with E-state index in [4.69, 9.17) is 0 Å². The molecule has 1 N–H and O–H groups in total. The van der Waals surface area contributed by atoms with Gasteiger partial charge in [0.1, 0.15) is 0 Å². The van der Waals surface area contributed by atoms with Crippen molar-refractivity contribution in [3.05, 3.63) is 47.7 Å². The van der Waals surface area contributed by atoms with Gasteiger partial charge in [-0.3, -0.25) is 0 Å². The summed E-state index contributed by atoms with van der Waals surface area (Å²) in [6, 6.07) is 6.77. The number of fused-ring (bicyclic) bond motifs is 1. The Bertz CT molecular complexity index is 627. The molecule has 0 radical (unpaired) electrons. The fourth-order valence-corrected chi connectivity index (χ4v) is 2.54. The van der Waals surface area contributed by atoms with E-state index in [1.165, 1.54) is 27.7 Å². The molecular formula is C18H26N2. The van der Waals surface area contributed by atoms with E-state index in [1.54, 1.807) is 0 Å². The van der Waals surface area contributed by atoms with Gasteiger partial charge in [-0.25, -0.2) is 0 Å². The number of aryl methyl sites for hydroxylation is 1. The van der Waals surface area contributed by atoms with Crippen LogP contribution in [-0.2, 0) is 13.1 Å². The Labute approximate surface area is 122 Å². The molecule has 0 saturated carbocycles. The van der Waals surface area contributed by atoms with Crippen molar-refractivity contribution in [3.63, 3.8) is 0 Å². The minimum Gasteiger partial charge on any atom is -0.341 e. The van der Waals surface area contributed by atoms with Gasteiger partial charge in [0.15, 0.2) is 0 Å². The number of nitrogens with zero attached hydrogens (tertiary/aromatic N) is 1. The standard InChI is InChI=1S/C18H26N2/c1-7-10-20-14(3)13(2)16-11-15(8-9-17(16)20)12-19-18(4,5)6/h7-9,11,19H,1,10,12H2,2-6H3. The van der Waals surface area contributed by atoms with Gasteiger partial charge in [-0.15, -0.1) is 6.58 Å². The zero-order valence-corrected chi connectivity index (χ0v) is 13.4. The van der Waals surface area contributed by atoms with Crippen LogP contribution in [0.1, 0.15) is 37.6 Å². The van der Waals surface area contributed by atoms with Crippen LogP contribution in [0.2, 0.25) is 0 Å². The van der Waals surface area contributed by atoms with Crippen molar-refractivity contribution < 1.29 is 0 Å². The maximum absolute atomic E-state index is 3.86. The molecule has 1 aromatic carbocycles. The molecule has 0 atom stereocenters. The smallest absolute Gasteiger partial charge is 0.0488 e. The Morgan fingerprint density at radius 1 is 1.25 bits per heavy atom. The number of hydrogen-bond donors (Lipinski definition) is 1. The fourth-order valence-electron chi connectivity index (χ4n) is 2.54. The normalized spacial score (nSPS) is 12.1. The molecule has 0 unspecified atom stereocenters. The molecule has 0 saturated heterocycles. The van der Waals surface area contributed by atoms with Gasteiger partial charge in [0.05, 0.1) is 0 Å². The van der Waals surface area contributed by atoms with Crippen LogP contribution >= 0.6 is 0 Å². The quantitative estimate of drug-likeness (QED) is 0.818. The first kappa shape index (κ1) is 14.9. The highest BCUT2D eigenvalue weighted by Crippen LogP contribution is 2.26. The van der Waals surface area contributed by atoms with Gasteiger partial charge in [0.25, 0.3) is 0 Å². The molecule has 2 heteroatoms. The van der Waals surface area contributed by atoms with E-state index in [0.29, 0.717) is 0 Å². The minimum atomic E-state index is 0.148.